The van der Waals surface area contributed by atoms with Crippen molar-refractivity contribution in [3.63, 3.8) is 0 Å². The maximum atomic E-state index is 11.5. The predicted molar refractivity (Wildman–Crippen MR) is 70.4 cm³/mol. The largest absolute Gasteiger partial charge is 0.493 e. The maximum Gasteiger partial charge on any atom is 0.165 e. The number of carbonyl (C=O) groups is 1. The van der Waals surface area contributed by atoms with Crippen LogP contribution in [-0.2, 0) is 10.2 Å². The van der Waals surface area contributed by atoms with E-state index in [9.17, 15) is 4.79 Å². The lowest BCUT2D eigenvalue weighted by Gasteiger charge is -2.25. The fourth-order valence-corrected chi connectivity index (χ4v) is 2.51. The van der Waals surface area contributed by atoms with Crippen molar-refractivity contribution < 1.29 is 14.3 Å². The third-order valence-electron chi connectivity index (χ3n) is 3.51. The van der Waals surface area contributed by atoms with E-state index < -0.39 is 0 Å². The van der Waals surface area contributed by atoms with E-state index in [1.54, 1.807) is 20.3 Å². The number of methoxy groups -OCH3 is 2. The van der Waals surface area contributed by atoms with Gasteiger partial charge in [0.2, 0.25) is 0 Å². The molecule has 18 heavy (non-hydrogen) atoms. The minimum atomic E-state index is -0.302. The summed E-state index contributed by atoms with van der Waals surface area (Å²) in [7, 11) is 3.26. The average Bonchev–Trinajstić information content (AvgIpc) is 2.69. The van der Waals surface area contributed by atoms with Crippen LogP contribution in [-0.4, -0.2) is 20.0 Å². The Hall–Kier alpha value is -1.77. The zero-order valence-electron chi connectivity index (χ0n) is 11.2. The second-order valence-corrected chi connectivity index (χ2v) is 4.89. The molecule has 0 unspecified atom stereocenters. The molecule has 1 aliphatic carbocycles. The van der Waals surface area contributed by atoms with Crippen LogP contribution in [0.5, 0.6) is 11.5 Å². The number of rotatable bonds is 3. The van der Waals surface area contributed by atoms with Gasteiger partial charge in [-0.1, -0.05) is 25.1 Å². The van der Waals surface area contributed by atoms with Crippen molar-refractivity contribution in [1.82, 2.24) is 0 Å². The van der Waals surface area contributed by atoms with E-state index >= 15 is 0 Å². The van der Waals surface area contributed by atoms with Gasteiger partial charge in [0.15, 0.2) is 17.3 Å². The minimum Gasteiger partial charge on any atom is -0.493 e. The van der Waals surface area contributed by atoms with Crippen LogP contribution in [0.4, 0.5) is 0 Å². The van der Waals surface area contributed by atoms with E-state index in [1.807, 2.05) is 32.1 Å². The Kier molecular flexibility index (Phi) is 3.16. The van der Waals surface area contributed by atoms with Crippen LogP contribution in [0.2, 0.25) is 0 Å². The summed E-state index contributed by atoms with van der Waals surface area (Å²) in [6.07, 6.45) is 4.07. The Morgan fingerprint density at radius 1 is 1.17 bits per heavy atom. The molecule has 0 radical (unpaired) electrons. The van der Waals surface area contributed by atoms with E-state index in [-0.39, 0.29) is 11.2 Å². The Morgan fingerprint density at radius 2 is 1.83 bits per heavy atom. The average molecular weight is 246 g/mol. The molecule has 2 rings (SSSR count). The highest BCUT2D eigenvalue weighted by molar-refractivity contribution is 5.94. The van der Waals surface area contributed by atoms with Gasteiger partial charge < -0.3 is 9.47 Å². The standard InChI is InChI=1S/C15H18O3/c1-10-5-6-12(14(18-4)13(10)17-3)15(2)8-7-11(16)9-15/h5-8H,9H2,1-4H3/t15-/m0/s1. The lowest BCUT2D eigenvalue weighted by Crippen LogP contribution is -2.19. The first-order valence-electron chi connectivity index (χ1n) is 5.96. The number of benzene rings is 1. The Bertz CT molecular complexity index is 517. The van der Waals surface area contributed by atoms with Crippen LogP contribution in [0.1, 0.15) is 24.5 Å². The summed E-state index contributed by atoms with van der Waals surface area (Å²) in [6.45, 7) is 4.02. The minimum absolute atomic E-state index is 0.152. The van der Waals surface area contributed by atoms with Crippen molar-refractivity contribution >= 4 is 5.78 Å². The van der Waals surface area contributed by atoms with Gasteiger partial charge >= 0.3 is 0 Å². The molecule has 1 aliphatic rings. The summed E-state index contributed by atoms with van der Waals surface area (Å²) < 4.78 is 10.9. The molecular weight excluding hydrogens is 228 g/mol. The van der Waals surface area contributed by atoms with Crippen molar-refractivity contribution in [1.29, 1.82) is 0 Å². The summed E-state index contributed by atoms with van der Waals surface area (Å²) in [6, 6.07) is 4.01. The fourth-order valence-electron chi connectivity index (χ4n) is 2.51. The van der Waals surface area contributed by atoms with Gasteiger partial charge in [0.05, 0.1) is 14.2 Å². The van der Waals surface area contributed by atoms with Crippen LogP contribution in [0, 0.1) is 6.92 Å². The topological polar surface area (TPSA) is 35.5 Å². The summed E-state index contributed by atoms with van der Waals surface area (Å²) in [4.78, 5) is 11.5. The molecular formula is C15H18O3. The molecule has 0 aliphatic heterocycles. The number of hydrogen-bond donors (Lipinski definition) is 0. The molecule has 0 amide bonds. The van der Waals surface area contributed by atoms with Crippen molar-refractivity contribution in [2.45, 2.75) is 25.7 Å². The van der Waals surface area contributed by atoms with E-state index in [0.717, 1.165) is 22.6 Å². The highest BCUT2D eigenvalue weighted by atomic mass is 16.5. The van der Waals surface area contributed by atoms with Crippen LogP contribution in [0.3, 0.4) is 0 Å². The number of allylic oxidation sites excluding steroid dienone is 2. The second-order valence-electron chi connectivity index (χ2n) is 4.89. The molecule has 1 atom stereocenters. The van der Waals surface area contributed by atoms with Crippen LogP contribution in [0.15, 0.2) is 24.3 Å². The molecule has 1 aromatic carbocycles. The molecule has 0 heterocycles. The molecule has 0 spiro atoms. The van der Waals surface area contributed by atoms with Gasteiger partial charge in [0.1, 0.15) is 0 Å². The summed E-state index contributed by atoms with van der Waals surface area (Å²) >= 11 is 0. The van der Waals surface area contributed by atoms with E-state index in [0.29, 0.717) is 6.42 Å². The molecule has 0 bridgehead atoms. The van der Waals surface area contributed by atoms with Crippen LogP contribution >= 0.6 is 0 Å². The predicted octanol–water partition coefficient (Wildman–Crippen LogP) is 2.80. The van der Waals surface area contributed by atoms with Crippen LogP contribution < -0.4 is 9.47 Å². The number of aryl methyl sites for hydroxylation is 1. The van der Waals surface area contributed by atoms with Crippen molar-refractivity contribution in [2.75, 3.05) is 14.2 Å². The normalized spacial score (nSPS) is 22.3. The highest BCUT2D eigenvalue weighted by Gasteiger charge is 2.34. The molecule has 0 saturated carbocycles. The van der Waals surface area contributed by atoms with Gasteiger partial charge in [-0.3, -0.25) is 4.79 Å². The van der Waals surface area contributed by atoms with Gasteiger partial charge in [-0.15, -0.1) is 0 Å². The van der Waals surface area contributed by atoms with Gasteiger partial charge in [0.25, 0.3) is 0 Å². The number of ketones is 1. The van der Waals surface area contributed by atoms with Gasteiger partial charge in [-0.25, -0.2) is 0 Å². The highest BCUT2D eigenvalue weighted by Crippen LogP contribution is 2.44. The van der Waals surface area contributed by atoms with E-state index in [2.05, 4.69) is 0 Å². The third kappa shape index (κ3) is 1.90. The van der Waals surface area contributed by atoms with E-state index in [4.69, 9.17) is 9.47 Å². The van der Waals surface area contributed by atoms with Gasteiger partial charge in [-0.05, 0) is 18.6 Å². The second kappa shape index (κ2) is 4.48. The molecule has 0 fully saturated rings. The van der Waals surface area contributed by atoms with Crippen LogP contribution in [0.25, 0.3) is 0 Å². The van der Waals surface area contributed by atoms with Gasteiger partial charge in [-0.2, -0.15) is 0 Å². The number of carbonyl (C=O) groups excluding carboxylic acids is 1. The first-order chi connectivity index (χ1) is 8.51. The van der Waals surface area contributed by atoms with Gasteiger partial charge in [0, 0.05) is 17.4 Å². The quantitative estimate of drug-likeness (QED) is 0.822. The first kappa shape index (κ1) is 12.7. The molecule has 3 heteroatoms. The SMILES string of the molecule is COc1c(C)ccc([C@@]2(C)C=CC(=O)C2)c1OC. The lowest BCUT2D eigenvalue weighted by atomic mass is 9.81. The first-order valence-corrected chi connectivity index (χ1v) is 5.96. The summed E-state index contributed by atoms with van der Waals surface area (Å²) in [5.74, 6) is 1.61. The van der Waals surface area contributed by atoms with Crippen molar-refractivity contribution in [3.05, 3.63) is 35.4 Å². The van der Waals surface area contributed by atoms with Crippen molar-refractivity contribution in [3.8, 4) is 11.5 Å². The number of hydrogen-bond acceptors (Lipinski definition) is 3. The lowest BCUT2D eigenvalue weighted by molar-refractivity contribution is -0.114. The monoisotopic (exact) mass is 246 g/mol. The maximum absolute atomic E-state index is 11.5. The molecule has 0 saturated heterocycles. The zero-order valence-corrected chi connectivity index (χ0v) is 11.2. The Labute approximate surface area is 107 Å². The van der Waals surface area contributed by atoms with E-state index in [1.165, 1.54) is 0 Å². The summed E-state index contributed by atoms with van der Waals surface area (Å²) in [5, 5.41) is 0. The molecule has 0 aromatic heterocycles. The summed E-state index contributed by atoms with van der Waals surface area (Å²) in [5.41, 5.74) is 1.72. The number of ether oxygens (including phenoxy) is 2. The smallest absolute Gasteiger partial charge is 0.165 e. The molecule has 0 N–H and O–H groups in total. The fraction of sp³-hybridized carbons (Fsp3) is 0.400. The molecule has 96 valence electrons. The Morgan fingerprint density at radius 3 is 2.33 bits per heavy atom. The molecule has 3 nitrogen and oxygen atoms in total. The zero-order chi connectivity index (χ0) is 13.3. The van der Waals surface area contributed by atoms with Crippen molar-refractivity contribution in [2.24, 2.45) is 0 Å². The Balaban J connectivity index is 2.58. The molecule has 1 aromatic rings. The third-order valence-corrected chi connectivity index (χ3v) is 3.51.